The van der Waals surface area contributed by atoms with Crippen molar-refractivity contribution in [1.82, 2.24) is 4.90 Å². The van der Waals surface area contributed by atoms with Crippen LogP contribution in [0, 0.1) is 6.92 Å². The van der Waals surface area contributed by atoms with Gasteiger partial charge in [-0.15, -0.1) is 0 Å². The van der Waals surface area contributed by atoms with Crippen LogP contribution in [0.1, 0.15) is 27.7 Å². The number of carbonyl (C=O) groups is 2. The predicted molar refractivity (Wildman–Crippen MR) is 105 cm³/mol. The average Bonchev–Trinajstić information content (AvgIpc) is 3.36. The Hall–Kier alpha value is -2.90. The molecule has 0 aliphatic carbocycles. The Morgan fingerprint density at radius 3 is 2.59 bits per heavy atom. The normalized spacial score (nSPS) is 20.5. The Labute approximate surface area is 169 Å². The third kappa shape index (κ3) is 3.83. The van der Waals surface area contributed by atoms with Gasteiger partial charge in [-0.1, -0.05) is 29.8 Å². The highest BCUT2D eigenvalue weighted by Gasteiger charge is 2.44. The number of aliphatic hydroxyl groups is 1. The minimum atomic E-state index is -0.638. The highest BCUT2D eigenvalue weighted by molar-refractivity contribution is 6.15. The number of benzene rings is 1. The smallest absolute Gasteiger partial charge is 0.290 e. The summed E-state index contributed by atoms with van der Waals surface area (Å²) in [7, 11) is 0. The summed E-state index contributed by atoms with van der Waals surface area (Å²) >= 11 is 0. The third-order valence-corrected chi connectivity index (χ3v) is 5.59. The number of ether oxygens (including phenoxy) is 1. The van der Waals surface area contributed by atoms with E-state index in [2.05, 4.69) is 0 Å². The predicted octanol–water partition coefficient (Wildman–Crippen LogP) is 1.08. The molecular formula is C22H25N2O5+. The topological polar surface area (TPSA) is 84.4 Å². The Bertz CT molecular complexity index is 911. The van der Waals surface area contributed by atoms with Crippen LogP contribution in [0.4, 0.5) is 0 Å². The van der Waals surface area contributed by atoms with E-state index in [-0.39, 0.29) is 11.3 Å². The van der Waals surface area contributed by atoms with E-state index in [0.717, 1.165) is 30.8 Å². The molecule has 0 spiro atoms. The summed E-state index contributed by atoms with van der Waals surface area (Å²) in [5.74, 6) is -1.36. The second-order valence-electron chi connectivity index (χ2n) is 7.49. The van der Waals surface area contributed by atoms with Crippen LogP contribution < -0.4 is 4.90 Å². The Balaban J connectivity index is 1.66. The van der Waals surface area contributed by atoms with Gasteiger partial charge in [0.05, 0.1) is 44.2 Å². The summed E-state index contributed by atoms with van der Waals surface area (Å²) in [6, 6.07) is 10.2. The van der Waals surface area contributed by atoms with Crippen LogP contribution in [-0.2, 0) is 9.53 Å². The number of morpholine rings is 1. The Morgan fingerprint density at radius 2 is 1.93 bits per heavy atom. The quantitative estimate of drug-likeness (QED) is 0.713. The number of ketones is 1. The number of aryl methyl sites for hydroxylation is 1. The van der Waals surface area contributed by atoms with E-state index in [1.807, 2.05) is 31.2 Å². The molecule has 3 heterocycles. The molecule has 1 aromatic carbocycles. The molecule has 4 rings (SSSR count). The van der Waals surface area contributed by atoms with E-state index in [1.54, 1.807) is 17.0 Å². The molecule has 2 aromatic rings. The molecule has 1 saturated heterocycles. The maximum Gasteiger partial charge on any atom is 0.290 e. The first kappa shape index (κ1) is 19.4. The van der Waals surface area contributed by atoms with E-state index in [1.165, 1.54) is 11.2 Å². The number of rotatable bonds is 6. The Morgan fingerprint density at radius 1 is 1.21 bits per heavy atom. The molecule has 0 saturated carbocycles. The molecule has 1 aromatic heterocycles. The van der Waals surface area contributed by atoms with E-state index < -0.39 is 23.5 Å². The molecule has 7 nitrogen and oxygen atoms in total. The van der Waals surface area contributed by atoms with Crippen LogP contribution in [0.15, 0.2) is 58.4 Å². The zero-order valence-electron chi connectivity index (χ0n) is 16.4. The number of Topliss-reactive ketones (excluding diaryl/α,β-unsaturated/α-hetero) is 1. The molecule has 1 unspecified atom stereocenters. The van der Waals surface area contributed by atoms with Gasteiger partial charge in [0.25, 0.3) is 5.91 Å². The van der Waals surface area contributed by atoms with E-state index >= 15 is 0 Å². The summed E-state index contributed by atoms with van der Waals surface area (Å²) in [5, 5.41) is 10.6. The molecule has 29 heavy (non-hydrogen) atoms. The molecule has 2 aliphatic rings. The van der Waals surface area contributed by atoms with Crippen molar-refractivity contribution in [3.05, 3.63) is 70.9 Å². The lowest BCUT2D eigenvalue weighted by Gasteiger charge is -2.30. The van der Waals surface area contributed by atoms with Gasteiger partial charge in [0.1, 0.15) is 13.1 Å². The van der Waals surface area contributed by atoms with Gasteiger partial charge < -0.3 is 24.1 Å². The fourth-order valence-corrected chi connectivity index (χ4v) is 3.94. The fraction of sp³-hybridized carbons (Fsp3) is 0.364. The van der Waals surface area contributed by atoms with Crippen LogP contribution >= 0.6 is 0 Å². The number of amides is 1. The van der Waals surface area contributed by atoms with E-state index in [4.69, 9.17) is 9.15 Å². The van der Waals surface area contributed by atoms with Gasteiger partial charge in [-0.05, 0) is 24.6 Å². The summed E-state index contributed by atoms with van der Waals surface area (Å²) in [6.07, 6.45) is 1.40. The van der Waals surface area contributed by atoms with Gasteiger partial charge in [-0.25, -0.2) is 0 Å². The number of aliphatic hydroxyl groups excluding tert-OH is 1. The van der Waals surface area contributed by atoms with Crippen LogP contribution in [-0.4, -0.2) is 61.1 Å². The number of quaternary nitrogens is 1. The lowest BCUT2D eigenvalue weighted by atomic mass is 9.94. The number of carbonyl (C=O) groups excluding carboxylic acids is 2. The molecule has 0 bridgehead atoms. The summed E-state index contributed by atoms with van der Waals surface area (Å²) in [5.41, 5.74) is 1.94. The first-order chi connectivity index (χ1) is 14.1. The number of nitrogens with one attached hydrogen (secondary N) is 1. The monoisotopic (exact) mass is 397 g/mol. The van der Waals surface area contributed by atoms with E-state index in [0.29, 0.717) is 19.8 Å². The van der Waals surface area contributed by atoms with Crippen molar-refractivity contribution in [2.75, 3.05) is 39.4 Å². The summed E-state index contributed by atoms with van der Waals surface area (Å²) in [6.45, 7) is 6.32. The maximum atomic E-state index is 13.1. The fourth-order valence-electron chi connectivity index (χ4n) is 3.94. The Kier molecular flexibility index (Phi) is 5.51. The average molecular weight is 397 g/mol. The van der Waals surface area contributed by atoms with Crippen molar-refractivity contribution in [1.29, 1.82) is 0 Å². The standard InChI is InChI=1S/C22H24N2O5/c1-15-4-6-16(7-5-15)19-18(20(25)17-3-2-12-29-17)21(26)22(27)24(19)9-8-23-10-13-28-14-11-23/h2-7,12,19,26H,8-11,13-14H2,1H3/p+1. The van der Waals surface area contributed by atoms with Gasteiger partial charge in [0, 0.05) is 0 Å². The summed E-state index contributed by atoms with van der Waals surface area (Å²) < 4.78 is 10.6. The molecule has 2 aliphatic heterocycles. The lowest BCUT2D eigenvalue weighted by molar-refractivity contribution is -0.907. The third-order valence-electron chi connectivity index (χ3n) is 5.59. The van der Waals surface area contributed by atoms with E-state index in [9.17, 15) is 14.7 Å². The van der Waals surface area contributed by atoms with Crippen molar-refractivity contribution in [3.8, 4) is 0 Å². The van der Waals surface area contributed by atoms with Gasteiger partial charge in [0.2, 0.25) is 5.78 Å². The van der Waals surface area contributed by atoms with Crippen molar-refractivity contribution in [2.24, 2.45) is 0 Å². The SMILES string of the molecule is Cc1ccc(C2C(C(=O)c3ccco3)=C(O)C(=O)N2CC[NH+]2CCOCC2)cc1. The lowest BCUT2D eigenvalue weighted by Crippen LogP contribution is -3.14. The van der Waals surface area contributed by atoms with Crippen LogP contribution in [0.3, 0.4) is 0 Å². The second-order valence-corrected chi connectivity index (χ2v) is 7.49. The number of hydrogen-bond acceptors (Lipinski definition) is 5. The minimum Gasteiger partial charge on any atom is -0.503 e. The minimum absolute atomic E-state index is 0.0748. The molecule has 1 amide bonds. The molecule has 1 fully saturated rings. The van der Waals surface area contributed by atoms with Gasteiger partial charge >= 0.3 is 0 Å². The number of furan rings is 1. The largest absolute Gasteiger partial charge is 0.503 e. The molecule has 0 radical (unpaired) electrons. The van der Waals surface area contributed by atoms with Crippen LogP contribution in [0.5, 0.6) is 0 Å². The molecular weight excluding hydrogens is 372 g/mol. The molecule has 2 N–H and O–H groups in total. The van der Waals surface area contributed by atoms with Crippen LogP contribution in [0.2, 0.25) is 0 Å². The van der Waals surface area contributed by atoms with Gasteiger partial charge in [-0.3, -0.25) is 9.59 Å². The van der Waals surface area contributed by atoms with Crippen molar-refractivity contribution < 1.29 is 28.7 Å². The zero-order chi connectivity index (χ0) is 20.4. The van der Waals surface area contributed by atoms with Crippen LogP contribution in [0.25, 0.3) is 0 Å². The van der Waals surface area contributed by atoms with Gasteiger partial charge in [-0.2, -0.15) is 0 Å². The van der Waals surface area contributed by atoms with Crippen molar-refractivity contribution in [3.63, 3.8) is 0 Å². The zero-order valence-corrected chi connectivity index (χ0v) is 16.4. The highest BCUT2D eigenvalue weighted by atomic mass is 16.5. The first-order valence-corrected chi connectivity index (χ1v) is 9.86. The first-order valence-electron chi connectivity index (χ1n) is 9.86. The molecule has 152 valence electrons. The van der Waals surface area contributed by atoms with Crippen molar-refractivity contribution in [2.45, 2.75) is 13.0 Å². The number of hydrogen-bond donors (Lipinski definition) is 2. The highest BCUT2D eigenvalue weighted by Crippen LogP contribution is 2.38. The second kappa shape index (κ2) is 8.23. The summed E-state index contributed by atoms with van der Waals surface area (Å²) in [4.78, 5) is 28.9. The molecule has 1 atom stereocenters. The van der Waals surface area contributed by atoms with Gasteiger partial charge in [0.15, 0.2) is 11.5 Å². The molecule has 7 heteroatoms. The maximum absolute atomic E-state index is 13.1. The van der Waals surface area contributed by atoms with Crippen molar-refractivity contribution >= 4 is 11.7 Å². The number of nitrogens with zero attached hydrogens (tertiary/aromatic N) is 1.